The van der Waals surface area contributed by atoms with Gasteiger partial charge >= 0.3 is 5.97 Å². The number of benzene rings is 2. The van der Waals surface area contributed by atoms with Crippen LogP contribution in [0.25, 0.3) is 11.1 Å². The quantitative estimate of drug-likeness (QED) is 0.487. The Morgan fingerprint density at radius 2 is 1.90 bits per heavy atom. The second-order valence-electron chi connectivity index (χ2n) is 9.39. The van der Waals surface area contributed by atoms with Crippen molar-refractivity contribution in [3.8, 4) is 16.9 Å². The fraction of sp³-hybridized carbons (Fsp3) is 0.346. The summed E-state index contributed by atoms with van der Waals surface area (Å²) in [5, 5.41) is 8.89. The normalized spacial score (nSPS) is 24.6. The fourth-order valence-electron chi connectivity index (χ4n) is 4.31. The minimum Gasteiger partial charge on any atom is -0.492 e. The van der Waals surface area contributed by atoms with Gasteiger partial charge in [-0.15, -0.1) is 0 Å². The largest absolute Gasteiger partial charge is 0.492 e. The summed E-state index contributed by atoms with van der Waals surface area (Å²) in [6, 6.07) is 11.0. The maximum atomic E-state index is 13.5. The van der Waals surface area contributed by atoms with Gasteiger partial charge in [0.2, 0.25) is 0 Å². The summed E-state index contributed by atoms with van der Waals surface area (Å²) >= 11 is 0. The lowest BCUT2D eigenvalue weighted by Gasteiger charge is -2.20. The van der Waals surface area contributed by atoms with E-state index in [1.165, 1.54) is 29.3 Å². The monoisotopic (exact) mass is 406 g/mol. The second-order valence-corrected chi connectivity index (χ2v) is 9.39. The van der Waals surface area contributed by atoms with E-state index in [-0.39, 0.29) is 16.6 Å². The maximum absolute atomic E-state index is 13.5. The summed E-state index contributed by atoms with van der Waals surface area (Å²) < 4.78 is 19.6. The van der Waals surface area contributed by atoms with Crippen LogP contribution in [0.15, 0.2) is 60.2 Å². The number of allylic oxidation sites excluding steroid dienone is 3. The van der Waals surface area contributed by atoms with E-state index >= 15 is 0 Å². The van der Waals surface area contributed by atoms with Gasteiger partial charge in [0.05, 0.1) is 6.61 Å². The highest BCUT2D eigenvalue weighted by atomic mass is 19.1. The number of halogens is 1. The lowest BCUT2D eigenvalue weighted by atomic mass is 9.81. The standard InChI is InChI=1S/C26H27FO3/c1-16(11-23(28)29)5-8-18-14-26(18,4)19-12-21(17-6-9-20(27)10-7-17)24-22(13-19)25(2,3)15-30-24/h5-13,18H,14-15H2,1-4H3,(H,28,29)/t18-,26+/m1/s1. The van der Waals surface area contributed by atoms with Crippen molar-refractivity contribution in [2.45, 2.75) is 44.9 Å². The number of fused-ring (bicyclic) bond motifs is 1. The topological polar surface area (TPSA) is 46.5 Å². The van der Waals surface area contributed by atoms with Gasteiger partial charge in [0.15, 0.2) is 0 Å². The van der Waals surface area contributed by atoms with Crippen molar-refractivity contribution >= 4 is 5.97 Å². The van der Waals surface area contributed by atoms with Crippen molar-refractivity contribution in [2.24, 2.45) is 5.92 Å². The average Bonchev–Trinajstić information content (AvgIpc) is 3.25. The van der Waals surface area contributed by atoms with Crippen molar-refractivity contribution in [1.82, 2.24) is 0 Å². The molecule has 2 aliphatic rings. The first kappa shape index (κ1) is 20.4. The molecule has 0 aromatic heterocycles. The third-order valence-corrected chi connectivity index (χ3v) is 6.45. The molecule has 1 aliphatic carbocycles. The van der Waals surface area contributed by atoms with Gasteiger partial charge in [0.1, 0.15) is 11.6 Å². The van der Waals surface area contributed by atoms with Gasteiger partial charge in [-0.05, 0) is 59.6 Å². The molecular formula is C26H27FO3. The van der Waals surface area contributed by atoms with E-state index in [0.29, 0.717) is 12.5 Å². The summed E-state index contributed by atoms with van der Waals surface area (Å²) in [5.41, 5.74) is 5.02. The molecule has 156 valence electrons. The Hall–Kier alpha value is -2.88. The van der Waals surface area contributed by atoms with E-state index in [2.05, 4.69) is 39.0 Å². The molecule has 0 bridgehead atoms. The van der Waals surface area contributed by atoms with Crippen LogP contribution in [0, 0.1) is 11.7 Å². The minimum atomic E-state index is -0.930. The number of carboxylic acids is 1. The van der Waals surface area contributed by atoms with Crippen LogP contribution >= 0.6 is 0 Å². The first-order chi connectivity index (χ1) is 14.1. The molecule has 4 rings (SSSR count). The lowest BCUT2D eigenvalue weighted by Crippen LogP contribution is -2.18. The molecule has 1 aliphatic heterocycles. The number of ether oxygens (including phenoxy) is 1. The third-order valence-electron chi connectivity index (χ3n) is 6.45. The minimum absolute atomic E-state index is 0.0114. The zero-order chi connectivity index (χ0) is 21.7. The molecule has 1 fully saturated rings. The van der Waals surface area contributed by atoms with Crippen LogP contribution < -0.4 is 4.74 Å². The highest BCUT2D eigenvalue weighted by Crippen LogP contribution is 2.57. The first-order valence-electron chi connectivity index (χ1n) is 10.3. The van der Waals surface area contributed by atoms with Crippen LogP contribution in [0.1, 0.15) is 45.2 Å². The number of aliphatic carboxylic acids is 1. The van der Waals surface area contributed by atoms with Gasteiger partial charge in [-0.2, -0.15) is 0 Å². The number of hydrogen-bond acceptors (Lipinski definition) is 2. The number of rotatable bonds is 5. The number of hydrogen-bond donors (Lipinski definition) is 1. The Kier molecular flexibility index (Phi) is 4.84. The Morgan fingerprint density at radius 1 is 1.20 bits per heavy atom. The molecule has 1 saturated carbocycles. The molecule has 0 unspecified atom stereocenters. The Morgan fingerprint density at radius 3 is 2.57 bits per heavy atom. The number of carbonyl (C=O) groups is 1. The number of carboxylic acid groups (broad SMARTS) is 1. The lowest BCUT2D eigenvalue weighted by molar-refractivity contribution is -0.131. The average molecular weight is 406 g/mol. The van der Waals surface area contributed by atoms with Crippen molar-refractivity contribution in [3.63, 3.8) is 0 Å². The van der Waals surface area contributed by atoms with E-state index in [1.54, 1.807) is 19.1 Å². The predicted molar refractivity (Wildman–Crippen MR) is 116 cm³/mol. The fourth-order valence-corrected chi connectivity index (χ4v) is 4.31. The molecule has 0 amide bonds. The van der Waals surface area contributed by atoms with Crippen molar-refractivity contribution in [2.75, 3.05) is 6.61 Å². The molecule has 0 spiro atoms. The van der Waals surface area contributed by atoms with Crippen molar-refractivity contribution < 1.29 is 19.0 Å². The molecule has 2 aromatic rings. The van der Waals surface area contributed by atoms with E-state index in [0.717, 1.165) is 28.9 Å². The van der Waals surface area contributed by atoms with Crippen molar-refractivity contribution in [1.29, 1.82) is 0 Å². The summed E-state index contributed by atoms with van der Waals surface area (Å²) in [4.78, 5) is 10.8. The highest BCUT2D eigenvalue weighted by molar-refractivity contribution is 5.81. The molecular weight excluding hydrogens is 379 g/mol. The van der Waals surface area contributed by atoms with Gasteiger partial charge < -0.3 is 9.84 Å². The molecule has 0 saturated heterocycles. The first-order valence-corrected chi connectivity index (χ1v) is 10.3. The maximum Gasteiger partial charge on any atom is 0.328 e. The third kappa shape index (κ3) is 3.67. The smallest absolute Gasteiger partial charge is 0.328 e. The van der Waals surface area contributed by atoms with Gasteiger partial charge in [-0.1, -0.05) is 51.1 Å². The second kappa shape index (κ2) is 7.12. The summed E-state index contributed by atoms with van der Waals surface area (Å²) in [5.74, 6) is 0.0589. The summed E-state index contributed by atoms with van der Waals surface area (Å²) in [6.07, 6.45) is 6.23. The van der Waals surface area contributed by atoms with Crippen LogP contribution in [0.2, 0.25) is 0 Å². The molecule has 1 N–H and O–H groups in total. The van der Waals surface area contributed by atoms with Crippen LogP contribution in [-0.4, -0.2) is 17.7 Å². The van der Waals surface area contributed by atoms with Crippen LogP contribution in [0.4, 0.5) is 4.39 Å². The molecule has 30 heavy (non-hydrogen) atoms. The SMILES string of the molecule is CC(C=C[C@@H]1C[C@]1(C)c1cc(-c2ccc(F)cc2)c2c(c1)C(C)(C)CO2)=CC(=O)O. The van der Waals surface area contributed by atoms with Crippen molar-refractivity contribution in [3.05, 3.63) is 77.1 Å². The molecule has 2 atom stereocenters. The Bertz CT molecular complexity index is 1060. The molecule has 4 heteroatoms. The Balaban J connectivity index is 1.73. The van der Waals surface area contributed by atoms with Gasteiger partial charge in [-0.25, -0.2) is 9.18 Å². The molecule has 1 heterocycles. The molecule has 2 aromatic carbocycles. The molecule has 0 radical (unpaired) electrons. The predicted octanol–water partition coefficient (Wildman–Crippen LogP) is 6.03. The van der Waals surface area contributed by atoms with Crippen LogP contribution in [0.5, 0.6) is 5.75 Å². The van der Waals surface area contributed by atoms with E-state index in [1.807, 2.05) is 6.08 Å². The van der Waals surface area contributed by atoms with Crippen LogP contribution in [-0.2, 0) is 15.6 Å². The van der Waals surface area contributed by atoms with E-state index < -0.39 is 5.97 Å². The summed E-state index contributed by atoms with van der Waals surface area (Å²) in [6.45, 7) is 9.04. The van der Waals surface area contributed by atoms with E-state index in [4.69, 9.17) is 9.84 Å². The van der Waals surface area contributed by atoms with Gasteiger partial charge in [0.25, 0.3) is 0 Å². The zero-order valence-electron chi connectivity index (χ0n) is 17.8. The molecule has 3 nitrogen and oxygen atoms in total. The van der Waals surface area contributed by atoms with Gasteiger partial charge in [-0.3, -0.25) is 0 Å². The highest BCUT2D eigenvalue weighted by Gasteiger charge is 2.50. The Labute approximate surface area is 176 Å². The zero-order valence-corrected chi connectivity index (χ0v) is 17.8. The van der Waals surface area contributed by atoms with Crippen LogP contribution in [0.3, 0.4) is 0 Å². The van der Waals surface area contributed by atoms with E-state index in [9.17, 15) is 9.18 Å². The summed E-state index contributed by atoms with van der Waals surface area (Å²) in [7, 11) is 0. The van der Waals surface area contributed by atoms with Gasteiger partial charge in [0, 0.05) is 22.6 Å².